The first kappa shape index (κ1) is 36.4. The summed E-state index contributed by atoms with van der Waals surface area (Å²) in [6.07, 6.45) is 0. The van der Waals surface area contributed by atoms with Gasteiger partial charge in [0.1, 0.15) is 11.2 Å². The molecule has 0 spiro atoms. The Balaban J connectivity index is 0.991. The van der Waals surface area contributed by atoms with Gasteiger partial charge in [-0.2, -0.15) is 0 Å². The summed E-state index contributed by atoms with van der Waals surface area (Å²) in [4.78, 5) is 16.0. The van der Waals surface area contributed by atoms with Gasteiger partial charge in [-0.1, -0.05) is 182 Å². The number of benzene rings is 10. The fraction of sp³-hybridized carbons (Fsp3) is 0. The molecule has 0 radical (unpaired) electrons. The molecule has 64 heavy (non-hydrogen) atoms. The minimum Gasteiger partial charge on any atom is -0.456 e. The lowest BCUT2D eigenvalue weighted by Crippen LogP contribution is -2.01. The van der Waals surface area contributed by atoms with Crippen LogP contribution in [0.3, 0.4) is 0 Å². The highest BCUT2D eigenvalue weighted by Crippen LogP contribution is 2.43. The van der Waals surface area contributed by atoms with Crippen LogP contribution < -0.4 is 0 Å². The van der Waals surface area contributed by atoms with E-state index in [4.69, 9.17) is 19.4 Å². The summed E-state index contributed by atoms with van der Waals surface area (Å²) in [6.45, 7) is 0. The van der Waals surface area contributed by atoms with Gasteiger partial charge in [-0.25, -0.2) is 15.0 Å². The second-order valence-corrected chi connectivity index (χ2v) is 17.3. The van der Waals surface area contributed by atoms with Crippen LogP contribution in [0.5, 0.6) is 0 Å². The molecule has 4 nitrogen and oxygen atoms in total. The van der Waals surface area contributed by atoms with Gasteiger partial charge < -0.3 is 4.42 Å². The lowest BCUT2D eigenvalue weighted by atomic mass is 9.92. The van der Waals surface area contributed by atoms with Gasteiger partial charge in [-0.05, 0) is 85.3 Å². The summed E-state index contributed by atoms with van der Waals surface area (Å²) in [7, 11) is 0. The first-order valence-corrected chi connectivity index (χ1v) is 22.3. The van der Waals surface area contributed by atoms with Crippen LogP contribution in [0.1, 0.15) is 0 Å². The molecule has 13 aromatic rings. The Hall–Kier alpha value is -8.25. The van der Waals surface area contributed by atoms with E-state index in [1.54, 1.807) is 11.3 Å². The van der Waals surface area contributed by atoms with E-state index < -0.39 is 0 Å². The molecule has 13 rings (SSSR count). The summed E-state index contributed by atoms with van der Waals surface area (Å²) < 4.78 is 9.01. The molecule has 3 aromatic heterocycles. The largest absolute Gasteiger partial charge is 0.456 e. The van der Waals surface area contributed by atoms with Crippen LogP contribution in [0.15, 0.2) is 217 Å². The third-order valence-electron chi connectivity index (χ3n) is 12.6. The molecule has 0 aliphatic heterocycles. The molecule has 0 bridgehead atoms. The number of fused-ring (bicyclic) bond motifs is 8. The number of thiophene rings is 1. The lowest BCUT2D eigenvalue weighted by molar-refractivity contribution is 0.669. The Morgan fingerprint density at radius 1 is 0.297 bits per heavy atom. The van der Waals surface area contributed by atoms with E-state index in [2.05, 4.69) is 206 Å². The van der Waals surface area contributed by atoms with Gasteiger partial charge in [0.05, 0.1) is 0 Å². The molecule has 3 heterocycles. The number of rotatable bonds is 6. The molecular weight excluding hydrogens is 799 g/mol. The van der Waals surface area contributed by atoms with E-state index in [-0.39, 0.29) is 0 Å². The Morgan fingerprint density at radius 3 is 1.75 bits per heavy atom. The van der Waals surface area contributed by atoms with Gasteiger partial charge in [0.2, 0.25) is 0 Å². The predicted octanol–water partition coefficient (Wildman–Crippen LogP) is 16.4. The molecule has 5 heteroatoms. The molecule has 0 saturated carbocycles. The monoisotopic (exact) mass is 833 g/mol. The Morgan fingerprint density at radius 2 is 0.875 bits per heavy atom. The second-order valence-electron chi connectivity index (χ2n) is 16.3. The number of hydrogen-bond donors (Lipinski definition) is 0. The number of nitrogens with zero attached hydrogens (tertiary/aromatic N) is 3. The average molecular weight is 834 g/mol. The fourth-order valence-corrected chi connectivity index (χ4v) is 10.7. The molecule has 0 fully saturated rings. The Kier molecular flexibility index (Phi) is 8.36. The van der Waals surface area contributed by atoms with Gasteiger partial charge >= 0.3 is 0 Å². The molecule has 10 aromatic carbocycles. The van der Waals surface area contributed by atoms with Crippen molar-refractivity contribution in [1.82, 2.24) is 15.0 Å². The van der Waals surface area contributed by atoms with Gasteiger partial charge in [-0.15, -0.1) is 11.3 Å². The average Bonchev–Trinajstić information content (AvgIpc) is 3.94. The quantitative estimate of drug-likeness (QED) is 0.167. The van der Waals surface area contributed by atoms with Crippen LogP contribution in [0.25, 0.3) is 131 Å². The minimum absolute atomic E-state index is 0.623. The van der Waals surface area contributed by atoms with Crippen molar-refractivity contribution in [2.45, 2.75) is 0 Å². The van der Waals surface area contributed by atoms with E-state index >= 15 is 0 Å². The molecule has 0 unspecified atom stereocenters. The van der Waals surface area contributed by atoms with E-state index in [0.717, 1.165) is 82.6 Å². The molecule has 0 aliphatic carbocycles. The summed E-state index contributed by atoms with van der Waals surface area (Å²) in [6, 6.07) is 75.1. The highest BCUT2D eigenvalue weighted by molar-refractivity contribution is 7.25. The van der Waals surface area contributed by atoms with Gasteiger partial charge in [0.15, 0.2) is 17.5 Å². The predicted molar refractivity (Wildman–Crippen MR) is 268 cm³/mol. The van der Waals surface area contributed by atoms with Crippen molar-refractivity contribution < 1.29 is 4.42 Å². The first-order chi connectivity index (χ1) is 31.7. The highest BCUT2D eigenvalue weighted by Gasteiger charge is 2.20. The van der Waals surface area contributed by atoms with Crippen LogP contribution >= 0.6 is 11.3 Å². The Labute approximate surface area is 372 Å². The minimum atomic E-state index is 0.623. The van der Waals surface area contributed by atoms with Crippen molar-refractivity contribution in [3.63, 3.8) is 0 Å². The number of aromatic nitrogens is 3. The lowest BCUT2D eigenvalue weighted by Gasteiger charge is -2.14. The molecule has 0 amide bonds. The highest BCUT2D eigenvalue weighted by atomic mass is 32.1. The number of hydrogen-bond acceptors (Lipinski definition) is 5. The summed E-state index contributed by atoms with van der Waals surface area (Å²) in [5.74, 6) is 1.89. The maximum Gasteiger partial charge on any atom is 0.164 e. The Bertz CT molecular complexity index is 3960. The van der Waals surface area contributed by atoms with Crippen LogP contribution in [0, 0.1) is 0 Å². The molecule has 0 saturated heterocycles. The van der Waals surface area contributed by atoms with Crippen LogP contribution in [0.2, 0.25) is 0 Å². The zero-order valence-electron chi connectivity index (χ0n) is 34.4. The molecule has 0 atom stereocenters. The molecule has 298 valence electrons. The van der Waals surface area contributed by atoms with Crippen molar-refractivity contribution >= 4 is 75.0 Å². The zero-order valence-corrected chi connectivity index (χ0v) is 35.2. The van der Waals surface area contributed by atoms with Crippen LogP contribution in [-0.2, 0) is 0 Å². The maximum atomic E-state index is 6.57. The molecular formula is C59H35N3OS. The third kappa shape index (κ3) is 5.93. The van der Waals surface area contributed by atoms with Crippen molar-refractivity contribution in [2.24, 2.45) is 0 Å². The second kappa shape index (κ2) is 14.7. The van der Waals surface area contributed by atoms with Crippen molar-refractivity contribution in [3.8, 4) is 67.5 Å². The van der Waals surface area contributed by atoms with Crippen LogP contribution in [-0.4, -0.2) is 15.0 Å². The summed E-state index contributed by atoms with van der Waals surface area (Å²) in [5.41, 5.74) is 11.4. The summed E-state index contributed by atoms with van der Waals surface area (Å²) >= 11 is 1.80. The van der Waals surface area contributed by atoms with E-state index in [9.17, 15) is 0 Å². The smallest absolute Gasteiger partial charge is 0.164 e. The molecule has 0 N–H and O–H groups in total. The third-order valence-corrected chi connectivity index (χ3v) is 13.7. The standard InChI is InChI=1S/C59H35N3OS/c1-2-13-36(14-3-1)40-33-34-48-52(35-40)63-51-26-11-23-46(55(48)51)44-21-9-22-45-43(44)20-10-24-47(45)58-60-57(39-31-29-38(30-32-39)42-19-8-16-37-15-4-5-17-41(37)42)61-59(62-58)50-25-12-28-54-56(50)49-18-6-7-27-53(49)64-54/h1-35H. The first-order valence-electron chi connectivity index (χ1n) is 21.5. The fourth-order valence-electron chi connectivity index (χ4n) is 9.58. The zero-order chi connectivity index (χ0) is 42.1. The maximum absolute atomic E-state index is 6.57. The van der Waals surface area contributed by atoms with E-state index in [1.165, 1.54) is 31.1 Å². The van der Waals surface area contributed by atoms with E-state index in [1.807, 2.05) is 6.07 Å². The normalized spacial score (nSPS) is 11.8. The molecule has 0 aliphatic rings. The summed E-state index contributed by atoms with van der Waals surface area (Å²) in [5, 5.41) is 9.16. The topological polar surface area (TPSA) is 51.8 Å². The van der Waals surface area contributed by atoms with Crippen molar-refractivity contribution in [3.05, 3.63) is 212 Å². The van der Waals surface area contributed by atoms with Gasteiger partial charge in [0, 0.05) is 47.6 Å². The van der Waals surface area contributed by atoms with Crippen LogP contribution in [0.4, 0.5) is 0 Å². The van der Waals surface area contributed by atoms with Gasteiger partial charge in [0.25, 0.3) is 0 Å². The van der Waals surface area contributed by atoms with Crippen molar-refractivity contribution in [2.75, 3.05) is 0 Å². The van der Waals surface area contributed by atoms with E-state index in [0.29, 0.717) is 17.5 Å². The SMILES string of the molecule is c1ccc(-c2ccc3c(c2)oc2cccc(-c4cccc5c(-c6nc(-c7ccc(-c8cccc9ccccc89)cc7)nc(-c7cccc8sc9ccccc9c78)n6)cccc45)c23)cc1. The van der Waals surface area contributed by atoms with Gasteiger partial charge in [-0.3, -0.25) is 0 Å². The van der Waals surface area contributed by atoms with Crippen molar-refractivity contribution in [1.29, 1.82) is 0 Å². The number of furan rings is 1.